The number of nitrogens with zero attached hydrogens (tertiary/aromatic N) is 1. The molecule has 0 saturated heterocycles. The summed E-state index contributed by atoms with van der Waals surface area (Å²) in [7, 11) is 1.58. The lowest BCUT2D eigenvalue weighted by molar-refractivity contribution is 0.174. The average Bonchev–Trinajstić information content (AvgIpc) is 3.27. The molecule has 0 aromatic heterocycles. The number of methoxy groups -OCH3 is 1. The van der Waals surface area contributed by atoms with Gasteiger partial charge in [-0.05, 0) is 46.6 Å². The van der Waals surface area contributed by atoms with Gasteiger partial charge in [-0.1, -0.05) is 6.07 Å². The minimum atomic E-state index is 0.0186. The van der Waals surface area contributed by atoms with Gasteiger partial charge in [-0.3, -0.25) is 0 Å². The Labute approximate surface area is 153 Å². The van der Waals surface area contributed by atoms with Crippen molar-refractivity contribution >= 4 is 21.6 Å². The van der Waals surface area contributed by atoms with Crippen LogP contribution in [0.5, 0.6) is 23.0 Å². The molecular weight excluding hydrogens is 388 g/mol. The highest BCUT2D eigenvalue weighted by atomic mass is 79.9. The number of phenols is 1. The maximum Gasteiger partial charge on any atom is 0.231 e. The van der Waals surface area contributed by atoms with Crippen LogP contribution >= 0.6 is 15.9 Å². The summed E-state index contributed by atoms with van der Waals surface area (Å²) in [6.45, 7) is 2.08. The summed E-state index contributed by atoms with van der Waals surface area (Å²) < 4.78 is 16.9. The number of rotatable bonds is 3. The van der Waals surface area contributed by atoms with Gasteiger partial charge in [0, 0.05) is 17.5 Å². The lowest BCUT2D eigenvalue weighted by Crippen LogP contribution is -2.10. The normalized spacial score (nSPS) is 18.0. The lowest BCUT2D eigenvalue weighted by atomic mass is 9.97. The van der Waals surface area contributed by atoms with Crippen LogP contribution in [-0.2, 0) is 0 Å². The van der Waals surface area contributed by atoms with Crippen molar-refractivity contribution in [3.8, 4) is 23.0 Å². The molecule has 2 aliphatic heterocycles. The summed E-state index contributed by atoms with van der Waals surface area (Å²) in [5, 5.41) is 15.0. The second kappa shape index (κ2) is 6.15. The predicted molar refractivity (Wildman–Crippen MR) is 96.7 cm³/mol. The largest absolute Gasteiger partial charge is 0.507 e. The van der Waals surface area contributed by atoms with Gasteiger partial charge in [-0.15, -0.1) is 0 Å². The number of benzene rings is 2. The number of fused-ring (bicyclic) bond motifs is 1. The zero-order chi connectivity index (χ0) is 17.6. The smallest absolute Gasteiger partial charge is 0.231 e. The zero-order valence-electron chi connectivity index (χ0n) is 13.8. The van der Waals surface area contributed by atoms with E-state index in [0.717, 1.165) is 27.2 Å². The van der Waals surface area contributed by atoms with Crippen LogP contribution in [0.3, 0.4) is 0 Å². The predicted octanol–water partition coefficient (Wildman–Crippen LogP) is 3.64. The van der Waals surface area contributed by atoms with Gasteiger partial charge in [0.05, 0.1) is 23.3 Å². The molecule has 0 spiro atoms. The molecule has 2 aliphatic rings. The van der Waals surface area contributed by atoms with Crippen LogP contribution in [0.25, 0.3) is 0 Å². The van der Waals surface area contributed by atoms with E-state index < -0.39 is 0 Å². The van der Waals surface area contributed by atoms with Gasteiger partial charge in [0.2, 0.25) is 6.79 Å². The van der Waals surface area contributed by atoms with Gasteiger partial charge in [-0.2, -0.15) is 5.10 Å². The fraction of sp³-hybridized carbons (Fsp3) is 0.278. The van der Waals surface area contributed by atoms with Crippen molar-refractivity contribution in [1.82, 2.24) is 5.43 Å². The number of halogens is 1. The summed E-state index contributed by atoms with van der Waals surface area (Å²) >= 11 is 3.49. The Morgan fingerprint density at radius 1 is 1.28 bits per heavy atom. The Balaban J connectivity index is 1.61. The molecule has 4 rings (SSSR count). The second-order valence-electron chi connectivity index (χ2n) is 5.97. The van der Waals surface area contributed by atoms with Gasteiger partial charge >= 0.3 is 0 Å². The number of aromatic hydroxyl groups is 1. The molecule has 0 saturated carbocycles. The van der Waals surface area contributed by atoms with Crippen LogP contribution in [0.4, 0.5) is 0 Å². The molecule has 1 atom stereocenters. The van der Waals surface area contributed by atoms with Crippen LogP contribution in [0, 0.1) is 6.92 Å². The maximum atomic E-state index is 10.5. The molecule has 6 nitrogen and oxygen atoms in total. The number of hydrogen-bond acceptors (Lipinski definition) is 6. The van der Waals surface area contributed by atoms with Gasteiger partial charge in [0.15, 0.2) is 11.5 Å². The Morgan fingerprint density at radius 2 is 2.08 bits per heavy atom. The Kier molecular flexibility index (Phi) is 3.95. The molecule has 2 N–H and O–H groups in total. The third-order valence-corrected chi connectivity index (χ3v) is 5.09. The van der Waals surface area contributed by atoms with Crippen LogP contribution in [0.1, 0.15) is 29.2 Å². The van der Waals surface area contributed by atoms with Crippen molar-refractivity contribution in [2.24, 2.45) is 5.10 Å². The molecule has 0 amide bonds. The first-order valence-corrected chi connectivity index (χ1v) is 8.66. The Hall–Kier alpha value is -2.41. The maximum absolute atomic E-state index is 10.5. The van der Waals surface area contributed by atoms with E-state index in [1.807, 2.05) is 31.2 Å². The number of hydrazone groups is 1. The first-order chi connectivity index (χ1) is 12.1. The lowest BCUT2D eigenvalue weighted by Gasteiger charge is -2.14. The molecule has 0 aliphatic carbocycles. The molecule has 0 radical (unpaired) electrons. The molecule has 7 heteroatoms. The Bertz CT molecular complexity index is 882. The summed E-state index contributed by atoms with van der Waals surface area (Å²) in [5.74, 6) is 2.32. The first-order valence-electron chi connectivity index (χ1n) is 7.86. The van der Waals surface area contributed by atoms with Gasteiger partial charge in [-0.25, -0.2) is 0 Å². The number of nitrogens with one attached hydrogen (secondary N) is 1. The van der Waals surface area contributed by atoms with E-state index in [2.05, 4.69) is 26.5 Å². The minimum Gasteiger partial charge on any atom is -0.507 e. The van der Waals surface area contributed by atoms with Gasteiger partial charge in [0.1, 0.15) is 11.5 Å². The molecule has 130 valence electrons. The van der Waals surface area contributed by atoms with E-state index in [1.165, 1.54) is 0 Å². The van der Waals surface area contributed by atoms with Crippen molar-refractivity contribution in [2.45, 2.75) is 19.4 Å². The SMILES string of the molecule is COc1c(Br)cc(C2=NNC(c3ccc4c(c3)OCO4)C2)c(O)c1C. The third kappa shape index (κ3) is 2.68. The number of ether oxygens (including phenoxy) is 3. The summed E-state index contributed by atoms with van der Waals surface area (Å²) in [6.07, 6.45) is 0.658. The minimum absolute atomic E-state index is 0.0186. The van der Waals surface area contributed by atoms with Gasteiger partial charge < -0.3 is 24.7 Å². The van der Waals surface area contributed by atoms with E-state index in [-0.39, 0.29) is 18.6 Å². The van der Waals surface area contributed by atoms with Crippen molar-refractivity contribution in [2.75, 3.05) is 13.9 Å². The van der Waals surface area contributed by atoms with Crippen molar-refractivity contribution < 1.29 is 19.3 Å². The standard InChI is InChI=1S/C18H17BrN2O4/c1-9-17(22)11(6-12(19)18(9)23-2)14-7-13(20-21-14)10-3-4-15-16(5-10)25-8-24-15/h3-6,13,20,22H,7-8H2,1-2H3. The first kappa shape index (κ1) is 16.1. The van der Waals surface area contributed by atoms with E-state index in [9.17, 15) is 5.11 Å². The number of phenolic OH excluding ortho intramolecular Hbond substituents is 1. The van der Waals surface area contributed by atoms with E-state index >= 15 is 0 Å². The van der Waals surface area contributed by atoms with Crippen molar-refractivity contribution in [3.05, 3.63) is 45.4 Å². The molecule has 25 heavy (non-hydrogen) atoms. The van der Waals surface area contributed by atoms with Crippen LogP contribution in [0.2, 0.25) is 0 Å². The van der Waals surface area contributed by atoms with E-state index in [1.54, 1.807) is 7.11 Å². The second-order valence-corrected chi connectivity index (χ2v) is 6.82. The van der Waals surface area contributed by atoms with Crippen molar-refractivity contribution in [3.63, 3.8) is 0 Å². The van der Waals surface area contributed by atoms with Crippen LogP contribution in [-0.4, -0.2) is 24.7 Å². The summed E-state index contributed by atoms with van der Waals surface area (Å²) in [4.78, 5) is 0. The average molecular weight is 405 g/mol. The molecular formula is C18H17BrN2O4. The highest BCUT2D eigenvalue weighted by molar-refractivity contribution is 9.10. The molecule has 2 aromatic carbocycles. The summed E-state index contributed by atoms with van der Waals surface area (Å²) in [5.41, 5.74) is 6.38. The topological polar surface area (TPSA) is 72.3 Å². The Morgan fingerprint density at radius 3 is 2.88 bits per heavy atom. The fourth-order valence-electron chi connectivity index (χ4n) is 3.15. The monoisotopic (exact) mass is 404 g/mol. The van der Waals surface area contributed by atoms with E-state index in [4.69, 9.17) is 14.2 Å². The molecule has 2 aromatic rings. The third-order valence-electron chi connectivity index (χ3n) is 4.51. The molecule has 0 bridgehead atoms. The van der Waals surface area contributed by atoms with E-state index in [0.29, 0.717) is 23.3 Å². The quantitative estimate of drug-likeness (QED) is 0.816. The number of hydrogen-bond donors (Lipinski definition) is 2. The highest BCUT2D eigenvalue weighted by Crippen LogP contribution is 2.40. The van der Waals surface area contributed by atoms with Crippen LogP contribution in [0.15, 0.2) is 33.8 Å². The molecule has 0 fully saturated rings. The summed E-state index contributed by atoms with van der Waals surface area (Å²) in [6, 6.07) is 7.73. The highest BCUT2D eigenvalue weighted by Gasteiger charge is 2.26. The van der Waals surface area contributed by atoms with Gasteiger partial charge in [0.25, 0.3) is 0 Å². The molecule has 1 unspecified atom stereocenters. The molecule has 2 heterocycles. The van der Waals surface area contributed by atoms with Crippen LogP contribution < -0.4 is 19.6 Å². The zero-order valence-corrected chi connectivity index (χ0v) is 15.4. The van der Waals surface area contributed by atoms with Crippen molar-refractivity contribution in [1.29, 1.82) is 0 Å². The fourth-order valence-corrected chi connectivity index (χ4v) is 3.84.